The molecule has 0 aliphatic carbocycles. The molecule has 2 aromatic heterocycles. The van der Waals surface area contributed by atoms with Gasteiger partial charge in [0, 0.05) is 19.2 Å². The predicted octanol–water partition coefficient (Wildman–Crippen LogP) is 1.11. The fraction of sp³-hybridized carbons (Fsp3) is 0.250. The highest BCUT2D eigenvalue weighted by Crippen LogP contribution is 2.22. The number of carbonyl (C=O) groups excluding carboxylic acids is 1. The van der Waals surface area contributed by atoms with E-state index in [4.69, 9.17) is 9.47 Å². The number of nitrogens with one attached hydrogen (secondary N) is 2. The van der Waals surface area contributed by atoms with Crippen LogP contribution in [0.15, 0.2) is 28.1 Å². The summed E-state index contributed by atoms with van der Waals surface area (Å²) in [5, 5.41) is 1.98. The summed E-state index contributed by atoms with van der Waals surface area (Å²) >= 11 is 3.08. The van der Waals surface area contributed by atoms with Crippen molar-refractivity contribution in [2.75, 3.05) is 19.5 Å². The number of amides is 2. The van der Waals surface area contributed by atoms with Gasteiger partial charge in [-0.15, -0.1) is 0 Å². The molecular weight excluding hydrogens is 406 g/mol. The van der Waals surface area contributed by atoms with Crippen molar-refractivity contribution in [1.82, 2.24) is 19.3 Å². The SMILES string of the molecule is COc1cc(NC(=O)NS(=O)(=O)c2ncn(C)c2Br)nc(OC)c1. The Morgan fingerprint density at radius 2 is 2.00 bits per heavy atom. The number of carbonyl (C=O) groups is 1. The standard InChI is InChI=1S/C12H14BrN5O5S/c1-18-6-14-11(10(18)13)24(20,21)17-12(19)16-8-4-7(22-2)5-9(15-8)23-3/h4-6H,1-3H3,(H2,15,16,17,19). The fourth-order valence-corrected chi connectivity index (χ4v) is 3.43. The molecule has 0 radical (unpaired) electrons. The van der Waals surface area contributed by atoms with Crippen LogP contribution in [-0.2, 0) is 17.1 Å². The molecule has 0 saturated heterocycles. The van der Waals surface area contributed by atoms with Crippen molar-refractivity contribution < 1.29 is 22.7 Å². The molecule has 2 rings (SSSR count). The van der Waals surface area contributed by atoms with Crippen molar-refractivity contribution in [3.63, 3.8) is 0 Å². The summed E-state index contributed by atoms with van der Waals surface area (Å²) in [5.74, 6) is 0.631. The van der Waals surface area contributed by atoms with Gasteiger partial charge in [-0.2, -0.15) is 13.4 Å². The lowest BCUT2D eigenvalue weighted by Gasteiger charge is -2.09. The van der Waals surface area contributed by atoms with Crippen molar-refractivity contribution in [3.8, 4) is 11.6 Å². The molecule has 0 fully saturated rings. The summed E-state index contributed by atoms with van der Waals surface area (Å²) in [6.07, 6.45) is 1.30. The highest BCUT2D eigenvalue weighted by molar-refractivity contribution is 9.10. The minimum absolute atomic E-state index is 0.0546. The molecule has 12 heteroatoms. The van der Waals surface area contributed by atoms with Gasteiger partial charge >= 0.3 is 6.03 Å². The zero-order valence-electron chi connectivity index (χ0n) is 12.9. The third-order valence-corrected chi connectivity index (χ3v) is 5.24. The van der Waals surface area contributed by atoms with Crippen LogP contribution in [0, 0.1) is 0 Å². The number of pyridine rings is 1. The van der Waals surface area contributed by atoms with E-state index in [0.717, 1.165) is 0 Å². The smallest absolute Gasteiger partial charge is 0.334 e. The number of hydrogen-bond donors (Lipinski definition) is 2. The van der Waals surface area contributed by atoms with Gasteiger partial charge in [0.1, 0.15) is 16.2 Å². The van der Waals surface area contributed by atoms with E-state index in [1.165, 1.54) is 37.2 Å². The molecular formula is C12H14BrN5O5S. The molecule has 0 aliphatic rings. The molecule has 0 unspecified atom stereocenters. The van der Waals surface area contributed by atoms with Crippen LogP contribution >= 0.6 is 15.9 Å². The number of hydrogen-bond acceptors (Lipinski definition) is 7. The Morgan fingerprint density at radius 1 is 1.29 bits per heavy atom. The Balaban J connectivity index is 2.17. The quantitative estimate of drug-likeness (QED) is 0.743. The summed E-state index contributed by atoms with van der Waals surface area (Å²) in [5.41, 5.74) is 0. The molecule has 2 heterocycles. The molecule has 2 N–H and O–H groups in total. The van der Waals surface area contributed by atoms with Gasteiger partial charge in [-0.25, -0.2) is 14.5 Å². The first kappa shape index (κ1) is 18.0. The number of sulfonamides is 1. The van der Waals surface area contributed by atoms with E-state index in [-0.39, 0.29) is 21.3 Å². The molecule has 0 aliphatic heterocycles. The Bertz CT molecular complexity index is 844. The number of methoxy groups -OCH3 is 2. The Hall–Kier alpha value is -2.34. The first-order chi connectivity index (χ1) is 11.3. The van der Waals surface area contributed by atoms with Gasteiger partial charge in [-0.3, -0.25) is 5.32 Å². The van der Waals surface area contributed by atoms with Gasteiger partial charge in [0.2, 0.25) is 10.9 Å². The monoisotopic (exact) mass is 419 g/mol. The highest BCUT2D eigenvalue weighted by Gasteiger charge is 2.24. The van der Waals surface area contributed by atoms with E-state index >= 15 is 0 Å². The summed E-state index contributed by atoms with van der Waals surface area (Å²) in [6.45, 7) is 0. The highest BCUT2D eigenvalue weighted by atomic mass is 79.9. The van der Waals surface area contributed by atoms with Gasteiger partial charge in [-0.1, -0.05) is 0 Å². The molecule has 130 valence electrons. The maximum Gasteiger partial charge on any atom is 0.334 e. The second-order valence-corrected chi connectivity index (χ2v) is 6.79. The van der Waals surface area contributed by atoms with Crippen molar-refractivity contribution >= 4 is 37.8 Å². The van der Waals surface area contributed by atoms with Crippen LogP contribution in [0.4, 0.5) is 10.6 Å². The van der Waals surface area contributed by atoms with Crippen LogP contribution in [0.5, 0.6) is 11.6 Å². The van der Waals surface area contributed by atoms with E-state index in [2.05, 4.69) is 31.2 Å². The van der Waals surface area contributed by atoms with E-state index in [9.17, 15) is 13.2 Å². The average Bonchev–Trinajstić information content (AvgIpc) is 2.86. The minimum atomic E-state index is -4.15. The zero-order valence-corrected chi connectivity index (χ0v) is 15.3. The molecule has 0 saturated carbocycles. The second-order valence-electron chi connectivity index (χ2n) is 4.45. The molecule has 0 atom stereocenters. The molecule has 0 aromatic carbocycles. The van der Waals surface area contributed by atoms with Crippen LogP contribution in [-0.4, -0.2) is 43.2 Å². The number of aryl methyl sites for hydroxylation is 1. The van der Waals surface area contributed by atoms with E-state index in [1.807, 2.05) is 4.72 Å². The number of ether oxygens (including phenoxy) is 2. The Morgan fingerprint density at radius 3 is 2.54 bits per heavy atom. The number of imidazole rings is 1. The van der Waals surface area contributed by atoms with Gasteiger partial charge < -0.3 is 14.0 Å². The lowest BCUT2D eigenvalue weighted by atomic mass is 10.4. The van der Waals surface area contributed by atoms with Gasteiger partial charge in [0.25, 0.3) is 10.0 Å². The second kappa shape index (κ2) is 7.05. The normalized spacial score (nSPS) is 11.0. The summed E-state index contributed by atoms with van der Waals surface area (Å²) in [7, 11) is 0.278. The Labute approximate surface area is 146 Å². The Kier molecular flexibility index (Phi) is 5.29. The lowest BCUT2D eigenvalue weighted by Crippen LogP contribution is -2.35. The van der Waals surface area contributed by atoms with Crippen molar-refractivity contribution in [3.05, 3.63) is 23.1 Å². The number of anilines is 1. The zero-order chi connectivity index (χ0) is 17.9. The summed E-state index contributed by atoms with van der Waals surface area (Å²) in [6, 6.07) is 1.91. The molecule has 0 spiro atoms. The maximum absolute atomic E-state index is 12.2. The molecule has 24 heavy (non-hydrogen) atoms. The van der Waals surface area contributed by atoms with E-state index in [1.54, 1.807) is 7.05 Å². The van der Waals surface area contributed by atoms with Crippen LogP contribution in [0.1, 0.15) is 0 Å². The molecule has 2 aromatic rings. The van der Waals surface area contributed by atoms with Crippen LogP contribution in [0.2, 0.25) is 0 Å². The van der Waals surface area contributed by atoms with Crippen molar-refractivity contribution in [1.29, 1.82) is 0 Å². The molecule has 10 nitrogen and oxygen atoms in total. The van der Waals surface area contributed by atoms with Crippen LogP contribution in [0.3, 0.4) is 0 Å². The molecule has 0 bridgehead atoms. The van der Waals surface area contributed by atoms with E-state index < -0.39 is 16.1 Å². The van der Waals surface area contributed by atoms with Crippen LogP contribution < -0.4 is 19.5 Å². The first-order valence-corrected chi connectivity index (χ1v) is 8.65. The van der Waals surface area contributed by atoms with Gasteiger partial charge in [0.05, 0.1) is 20.5 Å². The molecule has 2 amide bonds. The largest absolute Gasteiger partial charge is 0.496 e. The number of rotatable bonds is 5. The van der Waals surface area contributed by atoms with Gasteiger partial charge in [0.15, 0.2) is 0 Å². The number of halogens is 1. The minimum Gasteiger partial charge on any atom is -0.496 e. The van der Waals surface area contributed by atoms with Gasteiger partial charge in [-0.05, 0) is 15.9 Å². The third kappa shape index (κ3) is 3.94. The number of urea groups is 1. The van der Waals surface area contributed by atoms with Crippen LogP contribution in [0.25, 0.3) is 0 Å². The maximum atomic E-state index is 12.2. The van der Waals surface area contributed by atoms with Crippen molar-refractivity contribution in [2.45, 2.75) is 5.03 Å². The summed E-state index contributed by atoms with van der Waals surface area (Å²) < 4.78 is 37.8. The topological polar surface area (TPSA) is 124 Å². The predicted molar refractivity (Wildman–Crippen MR) is 87.6 cm³/mol. The summed E-state index contributed by atoms with van der Waals surface area (Å²) in [4.78, 5) is 19.6. The third-order valence-electron chi connectivity index (χ3n) is 2.78. The fourth-order valence-electron chi connectivity index (χ4n) is 1.65. The van der Waals surface area contributed by atoms with Crippen molar-refractivity contribution in [2.24, 2.45) is 7.05 Å². The number of nitrogens with zero attached hydrogens (tertiary/aromatic N) is 3. The first-order valence-electron chi connectivity index (χ1n) is 6.37. The number of aromatic nitrogens is 3. The van der Waals surface area contributed by atoms with E-state index in [0.29, 0.717) is 5.75 Å². The lowest BCUT2D eigenvalue weighted by molar-refractivity contribution is 0.256. The average molecular weight is 420 g/mol.